The zero-order valence-corrected chi connectivity index (χ0v) is 9.53. The number of rotatable bonds is 1. The smallest absolute Gasteiger partial charge is 0.0241 e. The lowest BCUT2D eigenvalue weighted by Crippen LogP contribution is -2.37. The average Bonchev–Trinajstić information content (AvgIpc) is 2.64. The molecule has 1 spiro atoms. The van der Waals surface area contributed by atoms with E-state index in [0.717, 1.165) is 11.3 Å². The maximum absolute atomic E-state index is 2.57. The van der Waals surface area contributed by atoms with Crippen LogP contribution in [0.3, 0.4) is 0 Å². The molecule has 0 unspecified atom stereocenters. The Bertz CT molecular complexity index is 175. The van der Waals surface area contributed by atoms with Crippen molar-refractivity contribution < 1.29 is 0 Å². The zero-order chi connectivity index (χ0) is 9.53. The third-order valence-electron chi connectivity index (χ3n) is 5.40. The molecule has 0 heterocycles. The van der Waals surface area contributed by atoms with E-state index in [1.54, 1.807) is 0 Å². The van der Waals surface area contributed by atoms with E-state index in [0.29, 0.717) is 5.41 Å². The molecule has 2 rings (SSSR count). The van der Waals surface area contributed by atoms with Crippen LogP contribution in [0.25, 0.3) is 0 Å². The largest absolute Gasteiger partial charge is 0.0622 e. The van der Waals surface area contributed by atoms with Gasteiger partial charge in [0.15, 0.2) is 0 Å². The SMILES string of the molecule is CC(C)[C@]1(C)CCCC12CCCC2. The van der Waals surface area contributed by atoms with E-state index in [1.807, 2.05) is 0 Å². The van der Waals surface area contributed by atoms with Crippen LogP contribution in [-0.2, 0) is 0 Å². The first kappa shape index (κ1) is 9.55. The molecule has 0 saturated heterocycles. The molecule has 0 aromatic heterocycles. The van der Waals surface area contributed by atoms with Gasteiger partial charge >= 0.3 is 0 Å². The highest BCUT2D eigenvalue weighted by atomic mass is 14.6. The van der Waals surface area contributed by atoms with E-state index in [-0.39, 0.29) is 0 Å². The van der Waals surface area contributed by atoms with E-state index in [9.17, 15) is 0 Å². The Morgan fingerprint density at radius 2 is 1.38 bits per heavy atom. The highest BCUT2D eigenvalue weighted by molar-refractivity contribution is 5.03. The van der Waals surface area contributed by atoms with Gasteiger partial charge in [-0.05, 0) is 42.4 Å². The minimum Gasteiger partial charge on any atom is -0.0622 e. The minimum absolute atomic E-state index is 0.670. The molecule has 0 N–H and O–H groups in total. The molecule has 1 atom stereocenters. The summed E-state index contributed by atoms with van der Waals surface area (Å²) in [6, 6.07) is 0. The predicted molar refractivity (Wildman–Crippen MR) is 57.7 cm³/mol. The summed E-state index contributed by atoms with van der Waals surface area (Å²) in [5, 5.41) is 0. The molecule has 2 saturated carbocycles. The Morgan fingerprint density at radius 1 is 0.846 bits per heavy atom. The summed E-state index contributed by atoms with van der Waals surface area (Å²) in [5.41, 5.74) is 1.44. The van der Waals surface area contributed by atoms with Crippen LogP contribution in [-0.4, -0.2) is 0 Å². The monoisotopic (exact) mass is 180 g/mol. The van der Waals surface area contributed by atoms with E-state index in [2.05, 4.69) is 20.8 Å². The summed E-state index contributed by atoms with van der Waals surface area (Å²) in [5.74, 6) is 0.882. The van der Waals surface area contributed by atoms with Crippen LogP contribution < -0.4 is 0 Å². The molecule has 0 amide bonds. The van der Waals surface area contributed by atoms with Gasteiger partial charge in [-0.2, -0.15) is 0 Å². The van der Waals surface area contributed by atoms with Crippen LogP contribution in [0.15, 0.2) is 0 Å². The molecular formula is C13H24. The van der Waals surface area contributed by atoms with Crippen molar-refractivity contribution in [2.45, 2.75) is 65.7 Å². The normalized spacial score (nSPS) is 37.8. The second kappa shape index (κ2) is 3.00. The first-order chi connectivity index (χ1) is 6.11. The first-order valence-corrected chi connectivity index (χ1v) is 6.11. The molecule has 0 aliphatic heterocycles. The van der Waals surface area contributed by atoms with Gasteiger partial charge in [0.25, 0.3) is 0 Å². The quantitative estimate of drug-likeness (QED) is 0.561. The molecule has 0 heteroatoms. The van der Waals surface area contributed by atoms with Crippen LogP contribution in [0.4, 0.5) is 0 Å². The van der Waals surface area contributed by atoms with Crippen molar-refractivity contribution in [3.63, 3.8) is 0 Å². The van der Waals surface area contributed by atoms with Crippen LogP contribution in [0, 0.1) is 16.7 Å². The summed E-state index contributed by atoms with van der Waals surface area (Å²) in [4.78, 5) is 0. The van der Waals surface area contributed by atoms with Gasteiger partial charge in [-0.1, -0.05) is 40.0 Å². The summed E-state index contributed by atoms with van der Waals surface area (Å²) >= 11 is 0. The molecule has 0 aromatic rings. The zero-order valence-electron chi connectivity index (χ0n) is 9.53. The fraction of sp³-hybridized carbons (Fsp3) is 1.00. The molecule has 0 nitrogen and oxygen atoms in total. The topological polar surface area (TPSA) is 0 Å². The summed E-state index contributed by atoms with van der Waals surface area (Å²) < 4.78 is 0. The average molecular weight is 180 g/mol. The molecule has 2 fully saturated rings. The van der Waals surface area contributed by atoms with Crippen molar-refractivity contribution in [2.24, 2.45) is 16.7 Å². The lowest BCUT2D eigenvalue weighted by Gasteiger charge is -2.45. The molecule has 2 aliphatic rings. The Labute approximate surface area is 83.1 Å². The fourth-order valence-electron chi connectivity index (χ4n) is 4.12. The van der Waals surface area contributed by atoms with Crippen molar-refractivity contribution in [3.8, 4) is 0 Å². The summed E-state index contributed by atoms with van der Waals surface area (Å²) in [7, 11) is 0. The highest BCUT2D eigenvalue weighted by Crippen LogP contribution is 2.63. The van der Waals surface area contributed by atoms with Gasteiger partial charge in [0.1, 0.15) is 0 Å². The van der Waals surface area contributed by atoms with Gasteiger partial charge in [-0.15, -0.1) is 0 Å². The van der Waals surface area contributed by atoms with Gasteiger partial charge in [-0.25, -0.2) is 0 Å². The molecule has 76 valence electrons. The highest BCUT2D eigenvalue weighted by Gasteiger charge is 2.53. The lowest BCUT2D eigenvalue weighted by molar-refractivity contribution is 0.0448. The third-order valence-corrected chi connectivity index (χ3v) is 5.40. The van der Waals surface area contributed by atoms with Crippen molar-refractivity contribution in [1.29, 1.82) is 0 Å². The van der Waals surface area contributed by atoms with E-state index in [4.69, 9.17) is 0 Å². The fourth-order valence-corrected chi connectivity index (χ4v) is 4.12. The van der Waals surface area contributed by atoms with Crippen LogP contribution in [0.2, 0.25) is 0 Å². The summed E-state index contributed by atoms with van der Waals surface area (Å²) in [6.07, 6.45) is 10.6. The van der Waals surface area contributed by atoms with Crippen LogP contribution in [0.5, 0.6) is 0 Å². The molecule has 2 aliphatic carbocycles. The maximum atomic E-state index is 2.57. The van der Waals surface area contributed by atoms with Gasteiger partial charge in [-0.3, -0.25) is 0 Å². The second-order valence-corrected chi connectivity index (χ2v) is 5.91. The van der Waals surface area contributed by atoms with E-state index < -0.39 is 0 Å². The third kappa shape index (κ3) is 1.17. The molecule has 0 aromatic carbocycles. The number of hydrogen-bond donors (Lipinski definition) is 0. The Hall–Kier alpha value is 0. The molecule has 0 bridgehead atoms. The Morgan fingerprint density at radius 3 is 1.92 bits per heavy atom. The van der Waals surface area contributed by atoms with Gasteiger partial charge in [0.05, 0.1) is 0 Å². The first-order valence-electron chi connectivity index (χ1n) is 6.11. The summed E-state index contributed by atoms with van der Waals surface area (Å²) in [6.45, 7) is 7.44. The number of hydrogen-bond acceptors (Lipinski definition) is 0. The van der Waals surface area contributed by atoms with Crippen molar-refractivity contribution >= 4 is 0 Å². The van der Waals surface area contributed by atoms with Crippen molar-refractivity contribution in [1.82, 2.24) is 0 Å². The molecule has 0 radical (unpaired) electrons. The predicted octanol–water partition coefficient (Wildman–Crippen LogP) is 4.39. The van der Waals surface area contributed by atoms with Gasteiger partial charge < -0.3 is 0 Å². The minimum atomic E-state index is 0.670. The van der Waals surface area contributed by atoms with E-state index in [1.165, 1.54) is 44.9 Å². The second-order valence-electron chi connectivity index (χ2n) is 5.91. The van der Waals surface area contributed by atoms with Crippen molar-refractivity contribution in [2.75, 3.05) is 0 Å². The standard InChI is InChI=1S/C13H24/c1-11(2)12(3)7-6-10-13(12)8-4-5-9-13/h11H,4-10H2,1-3H3/t12-/m0/s1. The Balaban J connectivity index is 2.26. The van der Waals surface area contributed by atoms with Crippen LogP contribution >= 0.6 is 0 Å². The van der Waals surface area contributed by atoms with Crippen LogP contribution in [0.1, 0.15) is 65.7 Å². The van der Waals surface area contributed by atoms with Gasteiger partial charge in [0.2, 0.25) is 0 Å². The Kier molecular flexibility index (Phi) is 2.20. The van der Waals surface area contributed by atoms with E-state index >= 15 is 0 Å². The van der Waals surface area contributed by atoms with Crippen molar-refractivity contribution in [3.05, 3.63) is 0 Å². The lowest BCUT2D eigenvalue weighted by atomic mass is 9.60. The molecule has 13 heavy (non-hydrogen) atoms. The van der Waals surface area contributed by atoms with Gasteiger partial charge in [0, 0.05) is 0 Å². The molecular weight excluding hydrogens is 156 g/mol. The maximum Gasteiger partial charge on any atom is -0.0241 e.